The molecule has 0 aliphatic heterocycles. The van der Waals surface area contributed by atoms with Crippen molar-refractivity contribution in [1.29, 1.82) is 0 Å². The molecule has 23 heavy (non-hydrogen) atoms. The summed E-state index contributed by atoms with van der Waals surface area (Å²) < 4.78 is 7.34. The number of aryl methyl sites for hydroxylation is 1. The van der Waals surface area contributed by atoms with E-state index in [1.54, 1.807) is 16.7 Å². The van der Waals surface area contributed by atoms with Gasteiger partial charge in [0, 0.05) is 17.5 Å². The molecular formula is C16H22N4O3. The molecule has 1 saturated carbocycles. The summed E-state index contributed by atoms with van der Waals surface area (Å²) >= 11 is 0. The molecule has 0 amide bonds. The standard InChI is InChI=1S/C16H22N4O3/c1-10-13-6-7-14(22)20(15(13)19-16(17)18-10)11-2-4-12(5-3-11)23-9-8-21/h6-7,11-12,21H,2-5,8-9H2,1H3,(H2,17,18,19). The Hall–Kier alpha value is -1.99. The number of rotatable bonds is 4. The van der Waals surface area contributed by atoms with Crippen LogP contribution in [0.25, 0.3) is 11.0 Å². The number of fused-ring (bicyclic) bond motifs is 1. The van der Waals surface area contributed by atoms with E-state index in [4.69, 9.17) is 15.6 Å². The molecule has 2 aromatic rings. The van der Waals surface area contributed by atoms with Gasteiger partial charge in [0.05, 0.1) is 25.0 Å². The average molecular weight is 318 g/mol. The number of ether oxygens (including phenoxy) is 1. The Balaban J connectivity index is 1.91. The fourth-order valence-electron chi connectivity index (χ4n) is 3.35. The van der Waals surface area contributed by atoms with Gasteiger partial charge < -0.3 is 15.6 Å². The van der Waals surface area contributed by atoms with Gasteiger partial charge >= 0.3 is 0 Å². The van der Waals surface area contributed by atoms with Crippen molar-refractivity contribution in [1.82, 2.24) is 14.5 Å². The highest BCUT2D eigenvalue weighted by Gasteiger charge is 2.25. The quantitative estimate of drug-likeness (QED) is 0.877. The predicted molar refractivity (Wildman–Crippen MR) is 87.3 cm³/mol. The molecule has 3 N–H and O–H groups in total. The maximum atomic E-state index is 12.4. The maximum absolute atomic E-state index is 12.4. The third-order valence-corrected chi connectivity index (χ3v) is 4.45. The number of anilines is 1. The topological polar surface area (TPSA) is 103 Å². The summed E-state index contributed by atoms with van der Waals surface area (Å²) in [6.07, 6.45) is 3.58. The van der Waals surface area contributed by atoms with Crippen molar-refractivity contribution in [2.75, 3.05) is 18.9 Å². The molecule has 0 atom stereocenters. The van der Waals surface area contributed by atoms with Gasteiger partial charge in [-0.15, -0.1) is 0 Å². The molecule has 124 valence electrons. The van der Waals surface area contributed by atoms with E-state index in [1.807, 2.05) is 6.92 Å². The van der Waals surface area contributed by atoms with E-state index >= 15 is 0 Å². The minimum atomic E-state index is -0.0604. The van der Waals surface area contributed by atoms with Crippen LogP contribution in [0.15, 0.2) is 16.9 Å². The van der Waals surface area contributed by atoms with Crippen LogP contribution in [0.3, 0.4) is 0 Å². The van der Waals surface area contributed by atoms with Gasteiger partial charge in [0.2, 0.25) is 5.95 Å². The molecule has 0 bridgehead atoms. The lowest BCUT2D eigenvalue weighted by Gasteiger charge is -2.30. The molecule has 0 aromatic carbocycles. The van der Waals surface area contributed by atoms with Gasteiger partial charge in [-0.05, 0) is 38.7 Å². The van der Waals surface area contributed by atoms with Gasteiger partial charge in [-0.3, -0.25) is 9.36 Å². The normalized spacial score (nSPS) is 21.7. The van der Waals surface area contributed by atoms with Crippen LogP contribution in [0, 0.1) is 6.92 Å². The van der Waals surface area contributed by atoms with Crippen LogP contribution in [0.5, 0.6) is 0 Å². The van der Waals surface area contributed by atoms with Crippen molar-refractivity contribution in [2.45, 2.75) is 44.8 Å². The first-order valence-electron chi connectivity index (χ1n) is 7.98. The van der Waals surface area contributed by atoms with Crippen molar-refractivity contribution >= 4 is 17.0 Å². The highest BCUT2D eigenvalue weighted by molar-refractivity contribution is 5.78. The van der Waals surface area contributed by atoms with Crippen LogP contribution < -0.4 is 11.3 Å². The number of hydrogen-bond donors (Lipinski definition) is 2. The second kappa shape index (κ2) is 6.64. The lowest BCUT2D eigenvalue weighted by atomic mass is 9.92. The first kappa shape index (κ1) is 15.9. The zero-order valence-electron chi connectivity index (χ0n) is 13.2. The van der Waals surface area contributed by atoms with Crippen molar-refractivity contribution < 1.29 is 9.84 Å². The minimum absolute atomic E-state index is 0.0399. The minimum Gasteiger partial charge on any atom is -0.394 e. The SMILES string of the molecule is Cc1nc(N)nc2c1ccc(=O)n2C1CCC(OCCO)CC1. The van der Waals surface area contributed by atoms with E-state index in [0.717, 1.165) is 36.8 Å². The third-order valence-electron chi connectivity index (χ3n) is 4.45. The summed E-state index contributed by atoms with van der Waals surface area (Å²) in [6, 6.07) is 3.43. The molecule has 1 fully saturated rings. The average Bonchev–Trinajstić information content (AvgIpc) is 2.53. The zero-order chi connectivity index (χ0) is 16.4. The predicted octanol–water partition coefficient (Wildman–Crippen LogP) is 1.17. The van der Waals surface area contributed by atoms with E-state index in [-0.39, 0.29) is 30.3 Å². The second-order valence-corrected chi connectivity index (χ2v) is 5.97. The number of pyridine rings is 1. The van der Waals surface area contributed by atoms with Crippen LogP contribution >= 0.6 is 0 Å². The summed E-state index contributed by atoms with van der Waals surface area (Å²) in [5, 5.41) is 9.70. The summed E-state index contributed by atoms with van der Waals surface area (Å²) in [6.45, 7) is 2.28. The van der Waals surface area contributed by atoms with Gasteiger partial charge in [0.25, 0.3) is 5.56 Å². The third kappa shape index (κ3) is 3.20. The van der Waals surface area contributed by atoms with Crippen molar-refractivity contribution in [3.05, 3.63) is 28.2 Å². The molecule has 0 unspecified atom stereocenters. The molecule has 7 heteroatoms. The number of nitrogens with two attached hydrogens (primary N) is 1. The smallest absolute Gasteiger partial charge is 0.252 e. The van der Waals surface area contributed by atoms with Crippen molar-refractivity contribution in [2.24, 2.45) is 0 Å². The van der Waals surface area contributed by atoms with Crippen LogP contribution in [0.1, 0.15) is 37.4 Å². The van der Waals surface area contributed by atoms with Gasteiger partial charge in [0.15, 0.2) is 0 Å². The first-order valence-corrected chi connectivity index (χ1v) is 7.98. The summed E-state index contributed by atoms with van der Waals surface area (Å²) in [4.78, 5) is 20.9. The first-order chi connectivity index (χ1) is 11.1. The van der Waals surface area contributed by atoms with Crippen LogP contribution in [0.4, 0.5) is 5.95 Å². The Labute approximate surface area is 134 Å². The monoisotopic (exact) mass is 318 g/mol. The summed E-state index contributed by atoms with van der Waals surface area (Å²) in [7, 11) is 0. The molecule has 0 radical (unpaired) electrons. The fraction of sp³-hybridized carbons (Fsp3) is 0.562. The Morgan fingerprint density at radius 2 is 2.04 bits per heavy atom. The number of aliphatic hydroxyl groups excluding tert-OH is 1. The Morgan fingerprint density at radius 3 is 2.74 bits per heavy atom. The van der Waals surface area contributed by atoms with Crippen molar-refractivity contribution in [3.63, 3.8) is 0 Å². The number of nitrogen functional groups attached to an aromatic ring is 1. The van der Waals surface area contributed by atoms with Crippen LogP contribution in [-0.4, -0.2) is 39.0 Å². The highest BCUT2D eigenvalue weighted by atomic mass is 16.5. The van der Waals surface area contributed by atoms with E-state index < -0.39 is 0 Å². The molecule has 2 aromatic heterocycles. The van der Waals surface area contributed by atoms with Gasteiger partial charge in [0.1, 0.15) is 5.65 Å². The highest BCUT2D eigenvalue weighted by Crippen LogP contribution is 2.31. The zero-order valence-corrected chi connectivity index (χ0v) is 13.2. The van der Waals surface area contributed by atoms with E-state index in [0.29, 0.717) is 12.3 Å². The van der Waals surface area contributed by atoms with Gasteiger partial charge in [-0.25, -0.2) is 4.98 Å². The fourth-order valence-corrected chi connectivity index (χ4v) is 3.35. The lowest BCUT2D eigenvalue weighted by molar-refractivity contribution is 0.00168. The molecule has 0 spiro atoms. The molecule has 1 aliphatic rings. The number of nitrogens with zero attached hydrogens (tertiary/aromatic N) is 3. The van der Waals surface area contributed by atoms with E-state index in [9.17, 15) is 4.79 Å². The number of hydrogen-bond acceptors (Lipinski definition) is 6. The van der Waals surface area contributed by atoms with E-state index in [1.165, 1.54) is 0 Å². The largest absolute Gasteiger partial charge is 0.394 e. The van der Waals surface area contributed by atoms with Crippen molar-refractivity contribution in [3.8, 4) is 0 Å². The Morgan fingerprint density at radius 1 is 1.30 bits per heavy atom. The summed E-state index contributed by atoms with van der Waals surface area (Å²) in [5.41, 5.74) is 7.10. The molecule has 7 nitrogen and oxygen atoms in total. The molecule has 3 rings (SSSR count). The molecule has 0 saturated heterocycles. The second-order valence-electron chi connectivity index (χ2n) is 5.97. The van der Waals surface area contributed by atoms with Crippen LogP contribution in [-0.2, 0) is 4.74 Å². The number of aromatic nitrogens is 3. The van der Waals surface area contributed by atoms with Gasteiger partial charge in [-0.2, -0.15) is 4.98 Å². The Kier molecular flexibility index (Phi) is 4.58. The molecular weight excluding hydrogens is 296 g/mol. The molecule has 2 heterocycles. The Bertz CT molecular complexity index is 751. The number of aliphatic hydroxyl groups is 1. The molecule has 1 aliphatic carbocycles. The maximum Gasteiger partial charge on any atom is 0.252 e. The van der Waals surface area contributed by atoms with Gasteiger partial charge in [-0.1, -0.05) is 0 Å². The summed E-state index contributed by atoms with van der Waals surface area (Å²) in [5.74, 6) is 0.189. The van der Waals surface area contributed by atoms with Crippen LogP contribution in [0.2, 0.25) is 0 Å². The lowest BCUT2D eigenvalue weighted by Crippen LogP contribution is -2.31. The van der Waals surface area contributed by atoms with E-state index in [2.05, 4.69) is 9.97 Å².